The van der Waals surface area contributed by atoms with E-state index in [1.54, 1.807) is 0 Å². The molecule has 1 aromatic carbocycles. The second-order valence-electron chi connectivity index (χ2n) is 6.02. The summed E-state index contributed by atoms with van der Waals surface area (Å²) in [6.07, 6.45) is 1.35. The minimum absolute atomic E-state index is 0.116. The van der Waals surface area contributed by atoms with E-state index in [1.165, 1.54) is 11.1 Å². The van der Waals surface area contributed by atoms with Gasteiger partial charge in [0.25, 0.3) is 0 Å². The Bertz CT molecular complexity index is 421. The van der Waals surface area contributed by atoms with Gasteiger partial charge >= 0.3 is 6.09 Å². The molecule has 1 unspecified atom stereocenters. The molecule has 20 heavy (non-hydrogen) atoms. The lowest BCUT2D eigenvalue weighted by atomic mass is 10.0. The molecule has 0 aliphatic carbocycles. The van der Waals surface area contributed by atoms with Crippen LogP contribution in [0.1, 0.15) is 38.8 Å². The van der Waals surface area contributed by atoms with Gasteiger partial charge in [0.1, 0.15) is 5.60 Å². The molecule has 1 aromatic rings. The van der Waals surface area contributed by atoms with Crippen molar-refractivity contribution in [3.05, 3.63) is 35.4 Å². The standard InChI is InChI=1S/C16H26N2O2/c1-5-12-6-8-13(9-7-12)10-14(17)11-18-15(19)20-16(2,3)4/h6-9,14H,5,10-11,17H2,1-4H3,(H,18,19). The molecule has 1 rings (SSSR count). The lowest BCUT2D eigenvalue weighted by Crippen LogP contribution is -2.41. The van der Waals surface area contributed by atoms with Gasteiger partial charge in [-0.3, -0.25) is 0 Å². The van der Waals surface area contributed by atoms with Crippen LogP contribution in [-0.2, 0) is 17.6 Å². The summed E-state index contributed by atoms with van der Waals surface area (Å²) in [6, 6.07) is 8.29. The summed E-state index contributed by atoms with van der Waals surface area (Å²) in [5.74, 6) is 0. The number of alkyl carbamates (subject to hydrolysis) is 1. The van der Waals surface area contributed by atoms with Crippen molar-refractivity contribution >= 4 is 6.09 Å². The molecular weight excluding hydrogens is 252 g/mol. The largest absolute Gasteiger partial charge is 0.444 e. The molecule has 0 saturated carbocycles. The monoisotopic (exact) mass is 278 g/mol. The molecule has 0 bridgehead atoms. The number of hydrogen-bond donors (Lipinski definition) is 2. The van der Waals surface area contributed by atoms with E-state index in [2.05, 4.69) is 36.5 Å². The zero-order valence-electron chi connectivity index (χ0n) is 12.9. The maximum atomic E-state index is 11.5. The van der Waals surface area contributed by atoms with Crippen LogP contribution in [-0.4, -0.2) is 24.3 Å². The molecule has 0 aromatic heterocycles. The van der Waals surface area contributed by atoms with E-state index in [0.717, 1.165) is 12.8 Å². The zero-order chi connectivity index (χ0) is 15.2. The Hall–Kier alpha value is -1.55. The van der Waals surface area contributed by atoms with Gasteiger partial charge in [-0.1, -0.05) is 31.2 Å². The van der Waals surface area contributed by atoms with E-state index in [0.29, 0.717) is 6.54 Å². The minimum Gasteiger partial charge on any atom is -0.444 e. The summed E-state index contributed by atoms with van der Waals surface area (Å²) in [7, 11) is 0. The summed E-state index contributed by atoms with van der Waals surface area (Å²) in [4.78, 5) is 11.5. The minimum atomic E-state index is -0.482. The van der Waals surface area contributed by atoms with Crippen LogP contribution in [0.3, 0.4) is 0 Å². The van der Waals surface area contributed by atoms with Crippen molar-refractivity contribution in [2.45, 2.75) is 52.2 Å². The smallest absolute Gasteiger partial charge is 0.407 e. The van der Waals surface area contributed by atoms with E-state index < -0.39 is 11.7 Å². The van der Waals surface area contributed by atoms with E-state index >= 15 is 0 Å². The highest BCUT2D eigenvalue weighted by Gasteiger charge is 2.16. The number of amides is 1. The fourth-order valence-corrected chi connectivity index (χ4v) is 1.81. The second kappa shape index (κ2) is 7.29. The Labute approximate surface area is 121 Å². The molecule has 0 aliphatic rings. The summed E-state index contributed by atoms with van der Waals surface area (Å²) in [5, 5.41) is 2.70. The van der Waals surface area contributed by atoms with E-state index in [1.807, 2.05) is 20.8 Å². The third-order valence-corrected chi connectivity index (χ3v) is 2.84. The Morgan fingerprint density at radius 3 is 2.30 bits per heavy atom. The Morgan fingerprint density at radius 2 is 1.80 bits per heavy atom. The SMILES string of the molecule is CCc1ccc(CC(N)CNC(=O)OC(C)(C)C)cc1. The van der Waals surface area contributed by atoms with Gasteiger partial charge in [0, 0.05) is 12.6 Å². The molecule has 3 N–H and O–H groups in total. The van der Waals surface area contributed by atoms with Crippen LogP contribution in [0.15, 0.2) is 24.3 Å². The van der Waals surface area contributed by atoms with Crippen LogP contribution in [0.4, 0.5) is 4.79 Å². The van der Waals surface area contributed by atoms with Gasteiger partial charge in [0.05, 0.1) is 0 Å². The number of nitrogens with one attached hydrogen (secondary N) is 1. The zero-order valence-corrected chi connectivity index (χ0v) is 12.9. The fraction of sp³-hybridized carbons (Fsp3) is 0.562. The van der Waals surface area contributed by atoms with Crippen LogP contribution in [0, 0.1) is 0 Å². The molecule has 0 fully saturated rings. The number of hydrogen-bond acceptors (Lipinski definition) is 3. The average Bonchev–Trinajstić information content (AvgIpc) is 2.35. The highest BCUT2D eigenvalue weighted by molar-refractivity contribution is 5.67. The van der Waals surface area contributed by atoms with Crippen molar-refractivity contribution in [2.75, 3.05) is 6.54 Å². The Kier molecular flexibility index (Phi) is 6.02. The highest BCUT2D eigenvalue weighted by atomic mass is 16.6. The molecule has 0 aliphatic heterocycles. The van der Waals surface area contributed by atoms with Gasteiger partial charge in [-0.15, -0.1) is 0 Å². The van der Waals surface area contributed by atoms with Crippen molar-refractivity contribution in [3.63, 3.8) is 0 Å². The van der Waals surface area contributed by atoms with Gasteiger partial charge in [-0.2, -0.15) is 0 Å². The van der Waals surface area contributed by atoms with Gasteiger partial charge in [-0.05, 0) is 44.7 Å². The second-order valence-corrected chi connectivity index (χ2v) is 6.02. The van der Waals surface area contributed by atoms with Crippen molar-refractivity contribution in [1.29, 1.82) is 0 Å². The lowest BCUT2D eigenvalue weighted by Gasteiger charge is -2.20. The maximum Gasteiger partial charge on any atom is 0.407 e. The van der Waals surface area contributed by atoms with Crippen molar-refractivity contribution in [3.8, 4) is 0 Å². The number of carbonyl (C=O) groups excluding carboxylic acids is 1. The summed E-state index contributed by atoms with van der Waals surface area (Å²) >= 11 is 0. The maximum absolute atomic E-state index is 11.5. The fourth-order valence-electron chi connectivity index (χ4n) is 1.81. The number of nitrogens with two attached hydrogens (primary N) is 1. The van der Waals surface area contributed by atoms with Gasteiger partial charge in [0.15, 0.2) is 0 Å². The van der Waals surface area contributed by atoms with E-state index in [4.69, 9.17) is 10.5 Å². The molecule has 0 spiro atoms. The Balaban J connectivity index is 2.36. The van der Waals surface area contributed by atoms with Crippen molar-refractivity contribution in [1.82, 2.24) is 5.32 Å². The molecule has 4 nitrogen and oxygen atoms in total. The molecular formula is C16H26N2O2. The predicted octanol–water partition coefficient (Wildman–Crippen LogP) is 2.64. The first-order valence-corrected chi connectivity index (χ1v) is 7.10. The predicted molar refractivity (Wildman–Crippen MR) is 81.7 cm³/mol. The molecule has 4 heteroatoms. The highest BCUT2D eigenvalue weighted by Crippen LogP contribution is 2.08. The van der Waals surface area contributed by atoms with Crippen molar-refractivity contribution in [2.24, 2.45) is 5.73 Å². The summed E-state index contributed by atoms with van der Waals surface area (Å²) in [6.45, 7) is 8.04. The molecule has 112 valence electrons. The van der Waals surface area contributed by atoms with Crippen LogP contribution < -0.4 is 11.1 Å². The Morgan fingerprint density at radius 1 is 1.25 bits per heavy atom. The third kappa shape index (κ3) is 6.57. The van der Waals surface area contributed by atoms with E-state index in [-0.39, 0.29) is 6.04 Å². The van der Waals surface area contributed by atoms with Crippen LogP contribution in [0.5, 0.6) is 0 Å². The quantitative estimate of drug-likeness (QED) is 0.870. The number of rotatable bonds is 5. The molecule has 1 amide bonds. The molecule has 0 radical (unpaired) electrons. The number of ether oxygens (including phenoxy) is 1. The molecule has 1 atom stereocenters. The number of carbonyl (C=O) groups is 1. The average molecular weight is 278 g/mol. The number of aryl methyl sites for hydroxylation is 1. The van der Waals surface area contributed by atoms with Gasteiger partial charge in [-0.25, -0.2) is 4.79 Å². The first-order valence-electron chi connectivity index (χ1n) is 7.10. The summed E-state index contributed by atoms with van der Waals surface area (Å²) in [5.41, 5.74) is 8.03. The normalized spacial score (nSPS) is 12.8. The summed E-state index contributed by atoms with van der Waals surface area (Å²) < 4.78 is 5.16. The lowest BCUT2D eigenvalue weighted by molar-refractivity contribution is 0.0524. The molecule has 0 saturated heterocycles. The van der Waals surface area contributed by atoms with Crippen LogP contribution in [0.2, 0.25) is 0 Å². The van der Waals surface area contributed by atoms with Gasteiger partial charge < -0.3 is 15.8 Å². The van der Waals surface area contributed by atoms with Crippen molar-refractivity contribution < 1.29 is 9.53 Å². The first-order chi connectivity index (χ1) is 9.30. The van der Waals surface area contributed by atoms with Crippen LogP contribution >= 0.6 is 0 Å². The number of benzene rings is 1. The van der Waals surface area contributed by atoms with Crippen LogP contribution in [0.25, 0.3) is 0 Å². The first kappa shape index (κ1) is 16.5. The third-order valence-electron chi connectivity index (χ3n) is 2.84. The topological polar surface area (TPSA) is 64.3 Å². The van der Waals surface area contributed by atoms with E-state index in [9.17, 15) is 4.79 Å². The van der Waals surface area contributed by atoms with Gasteiger partial charge in [0.2, 0.25) is 0 Å². The molecule has 0 heterocycles.